The first kappa shape index (κ1) is 5.92. The minimum atomic E-state index is 0.430. The van der Waals surface area contributed by atoms with Crippen LogP contribution in [0.25, 0.3) is 0 Å². The highest BCUT2D eigenvalue weighted by Gasteiger charge is 2.22. The second-order valence-electron chi connectivity index (χ2n) is 2.63. The van der Waals surface area contributed by atoms with Gasteiger partial charge < -0.3 is 4.74 Å². The molecule has 0 saturated carbocycles. The van der Waals surface area contributed by atoms with Crippen molar-refractivity contribution in [2.24, 2.45) is 0 Å². The molecule has 1 aromatic rings. The first-order valence-electron chi connectivity index (χ1n) is 3.46. The summed E-state index contributed by atoms with van der Waals surface area (Å²) >= 11 is 0. The van der Waals surface area contributed by atoms with E-state index in [1.807, 2.05) is 23.9 Å². The van der Waals surface area contributed by atoms with Gasteiger partial charge in [0.2, 0.25) is 0 Å². The Balaban J connectivity index is 2.03. The Morgan fingerprint density at radius 2 is 2.70 bits per heavy atom. The Morgan fingerprint density at radius 1 is 1.90 bits per heavy atom. The van der Waals surface area contributed by atoms with Crippen molar-refractivity contribution in [2.45, 2.75) is 19.6 Å². The lowest BCUT2D eigenvalue weighted by Gasteiger charge is -1.93. The Hall–Kier alpha value is -0.830. The maximum absolute atomic E-state index is 5.06. The highest BCUT2D eigenvalue weighted by molar-refractivity contribution is 4.95. The molecule has 0 spiro atoms. The Bertz CT molecular complexity index is 227. The monoisotopic (exact) mass is 138 g/mol. The van der Waals surface area contributed by atoms with Gasteiger partial charge in [0.05, 0.1) is 18.8 Å². The summed E-state index contributed by atoms with van der Waals surface area (Å²) in [5.41, 5.74) is 1.07. The zero-order valence-electron chi connectivity index (χ0n) is 5.95. The lowest BCUT2D eigenvalue weighted by molar-refractivity contribution is 0.373. The molecule has 1 fully saturated rings. The molecule has 1 atom stereocenters. The highest BCUT2D eigenvalue weighted by Crippen LogP contribution is 2.10. The van der Waals surface area contributed by atoms with Gasteiger partial charge in [-0.15, -0.1) is 0 Å². The van der Waals surface area contributed by atoms with Crippen LogP contribution in [-0.2, 0) is 11.3 Å². The Morgan fingerprint density at radius 3 is 3.20 bits per heavy atom. The molecular formula is C7H10N2O. The van der Waals surface area contributed by atoms with E-state index in [4.69, 9.17) is 4.74 Å². The molecule has 3 heteroatoms. The van der Waals surface area contributed by atoms with Crippen molar-refractivity contribution >= 4 is 0 Å². The van der Waals surface area contributed by atoms with Crippen LogP contribution in [0.1, 0.15) is 5.69 Å². The second kappa shape index (κ2) is 2.09. The number of aromatic nitrogens is 2. The first-order valence-corrected chi connectivity index (χ1v) is 3.46. The fraction of sp³-hybridized carbons (Fsp3) is 0.571. The average Bonchev–Trinajstić information content (AvgIpc) is 2.59. The summed E-state index contributed by atoms with van der Waals surface area (Å²) in [6.07, 6.45) is 2.41. The highest BCUT2D eigenvalue weighted by atomic mass is 16.6. The van der Waals surface area contributed by atoms with E-state index < -0.39 is 0 Å². The summed E-state index contributed by atoms with van der Waals surface area (Å²) in [5, 5.41) is 4.23. The lowest BCUT2D eigenvalue weighted by Crippen LogP contribution is -2.04. The van der Waals surface area contributed by atoms with Gasteiger partial charge in [0, 0.05) is 6.20 Å². The van der Waals surface area contributed by atoms with E-state index in [0.29, 0.717) is 6.10 Å². The number of nitrogens with zero attached hydrogens (tertiary/aromatic N) is 2. The molecule has 0 N–H and O–H groups in total. The molecule has 1 unspecified atom stereocenters. The van der Waals surface area contributed by atoms with Gasteiger partial charge in [-0.2, -0.15) is 5.10 Å². The van der Waals surface area contributed by atoms with Crippen LogP contribution >= 0.6 is 0 Å². The van der Waals surface area contributed by atoms with Gasteiger partial charge in [-0.3, -0.25) is 4.68 Å². The summed E-state index contributed by atoms with van der Waals surface area (Å²) < 4.78 is 6.98. The van der Waals surface area contributed by atoms with Crippen LogP contribution in [0, 0.1) is 6.92 Å². The fourth-order valence-electron chi connectivity index (χ4n) is 0.947. The normalized spacial score (nSPS) is 23.1. The SMILES string of the molecule is Cc1ccn(CC2CO2)n1. The van der Waals surface area contributed by atoms with Crippen molar-refractivity contribution in [3.63, 3.8) is 0 Å². The minimum Gasteiger partial charge on any atom is -0.371 e. The van der Waals surface area contributed by atoms with E-state index in [1.165, 1.54) is 0 Å². The molecule has 0 bridgehead atoms. The quantitative estimate of drug-likeness (QED) is 0.560. The van der Waals surface area contributed by atoms with Crippen molar-refractivity contribution in [3.8, 4) is 0 Å². The van der Waals surface area contributed by atoms with E-state index in [2.05, 4.69) is 5.10 Å². The van der Waals surface area contributed by atoms with Gasteiger partial charge in [-0.1, -0.05) is 0 Å². The van der Waals surface area contributed by atoms with Crippen LogP contribution in [0.3, 0.4) is 0 Å². The summed E-state index contributed by atoms with van der Waals surface area (Å²) in [7, 11) is 0. The van der Waals surface area contributed by atoms with Crippen LogP contribution in [0.4, 0.5) is 0 Å². The third-order valence-electron chi connectivity index (χ3n) is 1.57. The average molecular weight is 138 g/mol. The largest absolute Gasteiger partial charge is 0.371 e. The molecule has 3 nitrogen and oxygen atoms in total. The molecule has 1 aromatic heterocycles. The van der Waals surface area contributed by atoms with E-state index in [1.54, 1.807) is 0 Å². The van der Waals surface area contributed by atoms with E-state index in [0.717, 1.165) is 18.8 Å². The topological polar surface area (TPSA) is 30.4 Å². The first-order chi connectivity index (χ1) is 4.84. The standard InChI is InChI=1S/C7H10N2O/c1-6-2-3-9(8-6)4-7-5-10-7/h2-3,7H,4-5H2,1H3. The molecule has 10 heavy (non-hydrogen) atoms. The molecule has 54 valence electrons. The number of epoxide rings is 1. The Kier molecular flexibility index (Phi) is 1.24. The van der Waals surface area contributed by atoms with E-state index >= 15 is 0 Å². The predicted octanol–water partition coefficient (Wildman–Crippen LogP) is 0.590. The maximum Gasteiger partial charge on any atom is 0.100 e. The molecule has 0 aliphatic carbocycles. The number of hydrogen-bond donors (Lipinski definition) is 0. The summed E-state index contributed by atoms with van der Waals surface area (Å²) in [6, 6.07) is 2.00. The molecule has 2 heterocycles. The second-order valence-corrected chi connectivity index (χ2v) is 2.63. The maximum atomic E-state index is 5.06. The third-order valence-corrected chi connectivity index (χ3v) is 1.57. The molecule has 1 aliphatic rings. The van der Waals surface area contributed by atoms with Crippen LogP contribution in [0.5, 0.6) is 0 Å². The van der Waals surface area contributed by atoms with Crippen LogP contribution in [0.15, 0.2) is 12.3 Å². The minimum absolute atomic E-state index is 0.430. The molecule has 2 rings (SSSR count). The van der Waals surface area contributed by atoms with Crippen molar-refractivity contribution in [1.82, 2.24) is 9.78 Å². The Labute approximate surface area is 59.6 Å². The van der Waals surface area contributed by atoms with Gasteiger partial charge >= 0.3 is 0 Å². The van der Waals surface area contributed by atoms with Gasteiger partial charge in [0.25, 0.3) is 0 Å². The van der Waals surface area contributed by atoms with Gasteiger partial charge in [0.1, 0.15) is 6.10 Å². The number of ether oxygens (including phenoxy) is 1. The van der Waals surface area contributed by atoms with Crippen LogP contribution in [0.2, 0.25) is 0 Å². The van der Waals surface area contributed by atoms with Crippen molar-refractivity contribution in [2.75, 3.05) is 6.61 Å². The zero-order valence-corrected chi connectivity index (χ0v) is 5.95. The van der Waals surface area contributed by atoms with Crippen molar-refractivity contribution in [3.05, 3.63) is 18.0 Å². The number of rotatable bonds is 2. The number of hydrogen-bond acceptors (Lipinski definition) is 2. The fourth-order valence-corrected chi connectivity index (χ4v) is 0.947. The summed E-state index contributed by atoms with van der Waals surface area (Å²) in [5.74, 6) is 0. The van der Waals surface area contributed by atoms with Gasteiger partial charge in [-0.05, 0) is 13.0 Å². The third kappa shape index (κ3) is 1.19. The molecule has 1 saturated heterocycles. The smallest absolute Gasteiger partial charge is 0.100 e. The van der Waals surface area contributed by atoms with E-state index in [-0.39, 0.29) is 0 Å². The van der Waals surface area contributed by atoms with Gasteiger partial charge in [-0.25, -0.2) is 0 Å². The summed E-state index contributed by atoms with van der Waals surface area (Å²) in [4.78, 5) is 0. The van der Waals surface area contributed by atoms with Crippen molar-refractivity contribution < 1.29 is 4.74 Å². The molecule has 0 aromatic carbocycles. The number of aryl methyl sites for hydroxylation is 1. The molecular weight excluding hydrogens is 128 g/mol. The summed E-state index contributed by atoms with van der Waals surface area (Å²) in [6.45, 7) is 3.80. The van der Waals surface area contributed by atoms with Crippen molar-refractivity contribution in [1.29, 1.82) is 0 Å². The van der Waals surface area contributed by atoms with Gasteiger partial charge in [0.15, 0.2) is 0 Å². The lowest BCUT2D eigenvalue weighted by atomic mass is 10.5. The predicted molar refractivity (Wildman–Crippen MR) is 36.7 cm³/mol. The molecule has 1 aliphatic heterocycles. The molecule has 0 radical (unpaired) electrons. The van der Waals surface area contributed by atoms with Crippen LogP contribution < -0.4 is 0 Å². The van der Waals surface area contributed by atoms with Crippen LogP contribution in [-0.4, -0.2) is 22.5 Å². The molecule has 0 amide bonds. The zero-order chi connectivity index (χ0) is 6.97. The van der Waals surface area contributed by atoms with E-state index in [9.17, 15) is 0 Å².